The van der Waals surface area contributed by atoms with Crippen molar-refractivity contribution in [2.45, 2.75) is 32.7 Å². The molecule has 0 saturated carbocycles. The third-order valence-electron chi connectivity index (χ3n) is 5.06. The molecular formula is C18H27N3O. The van der Waals surface area contributed by atoms with Crippen molar-refractivity contribution in [3.05, 3.63) is 34.9 Å². The van der Waals surface area contributed by atoms with Gasteiger partial charge < -0.3 is 10.2 Å². The third kappa shape index (κ3) is 3.50. The van der Waals surface area contributed by atoms with Crippen LogP contribution in [0.2, 0.25) is 0 Å². The molecular weight excluding hydrogens is 274 g/mol. The van der Waals surface area contributed by atoms with E-state index in [1.165, 1.54) is 23.1 Å². The molecule has 1 atom stereocenters. The molecule has 4 heteroatoms. The molecule has 0 aromatic heterocycles. The molecule has 1 N–H and O–H groups in total. The number of carbonyl (C=O) groups is 1. The smallest absolute Gasteiger partial charge is 0.227 e. The normalized spacial score (nSPS) is 23.0. The van der Waals surface area contributed by atoms with Crippen LogP contribution in [0.15, 0.2) is 18.2 Å². The Morgan fingerprint density at radius 3 is 2.68 bits per heavy atom. The van der Waals surface area contributed by atoms with Gasteiger partial charge in [0, 0.05) is 38.8 Å². The number of aryl methyl sites for hydroxylation is 2. The van der Waals surface area contributed by atoms with Crippen molar-refractivity contribution < 1.29 is 4.79 Å². The van der Waals surface area contributed by atoms with E-state index in [-0.39, 0.29) is 5.91 Å². The van der Waals surface area contributed by atoms with Crippen LogP contribution in [0.1, 0.15) is 23.1 Å². The summed E-state index contributed by atoms with van der Waals surface area (Å²) in [7, 11) is 0. The van der Waals surface area contributed by atoms with Crippen LogP contribution < -0.4 is 5.32 Å². The first-order valence-corrected chi connectivity index (χ1v) is 8.42. The number of nitrogens with one attached hydrogen (secondary N) is 1. The molecule has 2 saturated heterocycles. The van der Waals surface area contributed by atoms with E-state index in [9.17, 15) is 4.79 Å². The second-order valence-electron chi connectivity index (χ2n) is 6.67. The number of hydrogen-bond acceptors (Lipinski definition) is 3. The lowest BCUT2D eigenvalue weighted by Crippen LogP contribution is -2.52. The summed E-state index contributed by atoms with van der Waals surface area (Å²) >= 11 is 0. The van der Waals surface area contributed by atoms with Crippen LogP contribution in [0.5, 0.6) is 0 Å². The van der Waals surface area contributed by atoms with Crippen molar-refractivity contribution >= 4 is 5.91 Å². The van der Waals surface area contributed by atoms with Gasteiger partial charge in [-0.25, -0.2) is 0 Å². The van der Waals surface area contributed by atoms with Crippen LogP contribution in [0.25, 0.3) is 0 Å². The van der Waals surface area contributed by atoms with Crippen molar-refractivity contribution in [2.75, 3.05) is 39.3 Å². The van der Waals surface area contributed by atoms with E-state index in [0.29, 0.717) is 12.5 Å². The Morgan fingerprint density at radius 2 is 2.00 bits per heavy atom. The van der Waals surface area contributed by atoms with E-state index < -0.39 is 0 Å². The molecule has 120 valence electrons. The number of hydrogen-bond donors (Lipinski definition) is 1. The number of carbonyl (C=O) groups excluding carboxylic acids is 1. The van der Waals surface area contributed by atoms with Gasteiger partial charge >= 0.3 is 0 Å². The van der Waals surface area contributed by atoms with Gasteiger partial charge in [0.15, 0.2) is 0 Å². The highest BCUT2D eigenvalue weighted by Crippen LogP contribution is 2.15. The number of nitrogens with zero attached hydrogens (tertiary/aromatic N) is 2. The molecule has 2 aliphatic rings. The zero-order valence-electron chi connectivity index (χ0n) is 13.8. The van der Waals surface area contributed by atoms with Gasteiger partial charge in [-0.15, -0.1) is 0 Å². The van der Waals surface area contributed by atoms with Crippen molar-refractivity contribution in [3.8, 4) is 0 Å². The molecule has 1 unspecified atom stereocenters. The minimum absolute atomic E-state index is 0.276. The molecule has 4 nitrogen and oxygen atoms in total. The van der Waals surface area contributed by atoms with Gasteiger partial charge in [-0.05, 0) is 37.9 Å². The SMILES string of the molecule is Cc1ccc(C)c(CC(=O)N2CCN(C3CCNC3)CC2)c1. The van der Waals surface area contributed by atoms with E-state index >= 15 is 0 Å². The molecule has 2 fully saturated rings. The fraction of sp³-hybridized carbons (Fsp3) is 0.611. The predicted octanol–water partition coefficient (Wildman–Crippen LogP) is 1.35. The standard InChI is InChI=1S/C18H27N3O/c1-14-3-4-15(2)16(11-14)12-18(22)21-9-7-20(8-10-21)17-5-6-19-13-17/h3-4,11,17,19H,5-10,12-13H2,1-2H3. The number of piperazine rings is 1. The van der Waals surface area contributed by atoms with Crippen LogP contribution in [0.4, 0.5) is 0 Å². The van der Waals surface area contributed by atoms with Gasteiger partial charge in [0.1, 0.15) is 0 Å². The van der Waals surface area contributed by atoms with Crippen LogP contribution >= 0.6 is 0 Å². The Kier molecular flexibility index (Phi) is 4.79. The van der Waals surface area contributed by atoms with Crippen molar-refractivity contribution in [2.24, 2.45) is 0 Å². The first kappa shape index (κ1) is 15.5. The summed E-state index contributed by atoms with van der Waals surface area (Å²) in [5.74, 6) is 0.276. The molecule has 1 aromatic rings. The second-order valence-corrected chi connectivity index (χ2v) is 6.67. The first-order chi connectivity index (χ1) is 10.6. The fourth-order valence-electron chi connectivity index (χ4n) is 3.55. The Hall–Kier alpha value is -1.39. The minimum atomic E-state index is 0.276. The summed E-state index contributed by atoms with van der Waals surface area (Å²) in [5.41, 5.74) is 3.62. The Morgan fingerprint density at radius 1 is 1.23 bits per heavy atom. The topological polar surface area (TPSA) is 35.6 Å². The fourth-order valence-corrected chi connectivity index (χ4v) is 3.55. The van der Waals surface area contributed by atoms with Gasteiger partial charge in [-0.2, -0.15) is 0 Å². The summed E-state index contributed by atoms with van der Waals surface area (Å²) in [5, 5.41) is 3.43. The number of amides is 1. The van der Waals surface area contributed by atoms with Crippen LogP contribution in [0, 0.1) is 13.8 Å². The lowest BCUT2D eigenvalue weighted by atomic mass is 10.0. The van der Waals surface area contributed by atoms with Gasteiger partial charge in [0.05, 0.1) is 6.42 Å². The van der Waals surface area contributed by atoms with E-state index in [1.807, 2.05) is 4.90 Å². The lowest BCUT2D eigenvalue weighted by Gasteiger charge is -2.38. The van der Waals surface area contributed by atoms with Gasteiger partial charge in [-0.1, -0.05) is 23.8 Å². The predicted molar refractivity (Wildman–Crippen MR) is 89.0 cm³/mol. The minimum Gasteiger partial charge on any atom is -0.340 e. The first-order valence-electron chi connectivity index (χ1n) is 8.42. The molecule has 0 aliphatic carbocycles. The van der Waals surface area contributed by atoms with Crippen LogP contribution in [-0.4, -0.2) is 61.0 Å². The van der Waals surface area contributed by atoms with Gasteiger partial charge in [0.25, 0.3) is 0 Å². The average Bonchev–Trinajstić information content (AvgIpc) is 3.05. The maximum absolute atomic E-state index is 12.6. The zero-order chi connectivity index (χ0) is 15.5. The summed E-state index contributed by atoms with van der Waals surface area (Å²) in [6, 6.07) is 7.05. The molecule has 22 heavy (non-hydrogen) atoms. The van der Waals surface area contributed by atoms with Crippen molar-refractivity contribution in [3.63, 3.8) is 0 Å². The van der Waals surface area contributed by atoms with Crippen LogP contribution in [-0.2, 0) is 11.2 Å². The van der Waals surface area contributed by atoms with Gasteiger partial charge in [0.2, 0.25) is 5.91 Å². The molecule has 2 aliphatic heterocycles. The average molecular weight is 301 g/mol. The Bertz CT molecular complexity index is 529. The van der Waals surface area contributed by atoms with E-state index in [1.54, 1.807) is 0 Å². The third-order valence-corrected chi connectivity index (χ3v) is 5.06. The summed E-state index contributed by atoms with van der Waals surface area (Å²) in [6.07, 6.45) is 1.79. The highest BCUT2D eigenvalue weighted by molar-refractivity contribution is 5.79. The molecule has 0 radical (unpaired) electrons. The number of rotatable bonds is 3. The second kappa shape index (κ2) is 6.80. The molecule has 1 aromatic carbocycles. The monoisotopic (exact) mass is 301 g/mol. The maximum Gasteiger partial charge on any atom is 0.227 e. The van der Waals surface area contributed by atoms with E-state index in [0.717, 1.165) is 39.3 Å². The van der Waals surface area contributed by atoms with E-state index in [4.69, 9.17) is 0 Å². The lowest BCUT2D eigenvalue weighted by molar-refractivity contribution is -0.132. The molecule has 2 heterocycles. The molecule has 0 spiro atoms. The van der Waals surface area contributed by atoms with Crippen molar-refractivity contribution in [1.29, 1.82) is 0 Å². The molecule has 0 bridgehead atoms. The summed E-state index contributed by atoms with van der Waals surface area (Å²) < 4.78 is 0. The Balaban J connectivity index is 1.54. The van der Waals surface area contributed by atoms with Crippen LogP contribution in [0.3, 0.4) is 0 Å². The summed E-state index contributed by atoms with van der Waals surface area (Å²) in [6.45, 7) is 10.2. The summed E-state index contributed by atoms with van der Waals surface area (Å²) in [4.78, 5) is 17.1. The highest BCUT2D eigenvalue weighted by Gasteiger charge is 2.27. The van der Waals surface area contributed by atoms with Gasteiger partial charge in [-0.3, -0.25) is 9.69 Å². The number of benzene rings is 1. The highest BCUT2D eigenvalue weighted by atomic mass is 16.2. The quantitative estimate of drug-likeness (QED) is 0.915. The molecule has 1 amide bonds. The molecule has 3 rings (SSSR count). The van der Waals surface area contributed by atoms with E-state index in [2.05, 4.69) is 42.3 Å². The zero-order valence-corrected chi connectivity index (χ0v) is 13.8. The van der Waals surface area contributed by atoms with Crippen molar-refractivity contribution in [1.82, 2.24) is 15.1 Å². The maximum atomic E-state index is 12.6. The largest absolute Gasteiger partial charge is 0.340 e. The Labute approximate surface area is 133 Å².